The third kappa shape index (κ3) is 4.03. The molecule has 2 amide bonds. The molecule has 0 aliphatic heterocycles. The molecule has 2 aromatic carbocycles. The molecule has 2 N–H and O–H groups in total. The van der Waals surface area contributed by atoms with Crippen LogP contribution < -0.4 is 10.6 Å². The van der Waals surface area contributed by atoms with Gasteiger partial charge in [-0.2, -0.15) is 0 Å². The second-order valence-electron chi connectivity index (χ2n) is 4.35. The lowest BCUT2D eigenvalue weighted by Gasteiger charge is -2.10. The van der Waals surface area contributed by atoms with Crippen LogP contribution in [0.25, 0.3) is 0 Å². The summed E-state index contributed by atoms with van der Waals surface area (Å²) in [4.78, 5) is 22.1. The van der Waals surface area contributed by atoms with Gasteiger partial charge in [0.1, 0.15) is 0 Å². The Morgan fingerprint density at radius 1 is 1.19 bits per heavy atom. The van der Waals surface area contributed by atoms with Gasteiger partial charge in [-0.15, -0.1) is 0 Å². The summed E-state index contributed by atoms with van der Waals surface area (Å²) < 4.78 is 0.846. The largest absolute Gasteiger partial charge is 0.323 e. The molecule has 2 aromatic rings. The van der Waals surface area contributed by atoms with Gasteiger partial charge in [-0.1, -0.05) is 28.1 Å². The molecule has 0 atom stereocenters. The third-order valence-corrected chi connectivity index (χ3v) is 3.26. The molecule has 6 nitrogen and oxygen atoms in total. The van der Waals surface area contributed by atoms with E-state index in [0.29, 0.717) is 11.4 Å². The molecule has 0 unspecified atom stereocenters. The summed E-state index contributed by atoms with van der Waals surface area (Å²) in [6.07, 6.45) is 0. The molecule has 0 aliphatic carbocycles. The van der Waals surface area contributed by atoms with Crippen molar-refractivity contribution in [2.75, 3.05) is 10.6 Å². The molecular weight excluding hydrogens is 338 g/mol. The minimum atomic E-state index is -0.512. The molecule has 0 spiro atoms. The lowest BCUT2D eigenvalue weighted by Crippen LogP contribution is -2.20. The van der Waals surface area contributed by atoms with Gasteiger partial charge in [0.2, 0.25) is 0 Å². The highest BCUT2D eigenvalue weighted by Crippen LogP contribution is 2.21. The molecule has 0 aromatic heterocycles. The number of nitrogens with zero attached hydrogens (tertiary/aromatic N) is 1. The SMILES string of the molecule is Cc1ccc(Br)cc1NC(=O)Nc1cccc([N+](=O)[O-])c1. The maximum absolute atomic E-state index is 11.9. The van der Waals surface area contributed by atoms with E-state index in [1.165, 1.54) is 18.2 Å². The Morgan fingerprint density at radius 3 is 2.67 bits per heavy atom. The van der Waals surface area contributed by atoms with E-state index in [4.69, 9.17) is 0 Å². The fourth-order valence-electron chi connectivity index (χ4n) is 1.71. The smallest absolute Gasteiger partial charge is 0.307 e. The first-order chi connectivity index (χ1) is 9.95. The standard InChI is InChI=1S/C14H12BrN3O3/c1-9-5-6-10(15)7-13(9)17-14(19)16-11-3-2-4-12(8-11)18(20)21/h2-8H,1H3,(H2,16,17,19). The summed E-state index contributed by atoms with van der Waals surface area (Å²) in [6, 6.07) is 10.8. The number of anilines is 2. The van der Waals surface area contributed by atoms with Crippen molar-refractivity contribution in [1.29, 1.82) is 0 Å². The van der Waals surface area contributed by atoms with Gasteiger partial charge < -0.3 is 10.6 Å². The first-order valence-electron chi connectivity index (χ1n) is 6.04. The van der Waals surface area contributed by atoms with Crippen LogP contribution in [0.1, 0.15) is 5.56 Å². The number of nitro benzene ring substituents is 1. The summed E-state index contributed by atoms with van der Waals surface area (Å²) in [5, 5.41) is 15.9. The molecule has 0 aliphatic rings. The minimum absolute atomic E-state index is 0.0774. The van der Waals surface area contributed by atoms with Crippen molar-refractivity contribution >= 4 is 39.0 Å². The number of hydrogen-bond donors (Lipinski definition) is 2. The van der Waals surface area contributed by atoms with Crippen LogP contribution in [-0.4, -0.2) is 11.0 Å². The number of carbonyl (C=O) groups is 1. The third-order valence-electron chi connectivity index (χ3n) is 2.76. The molecule has 0 fully saturated rings. The lowest BCUT2D eigenvalue weighted by atomic mass is 10.2. The van der Waals surface area contributed by atoms with E-state index in [0.717, 1.165) is 10.0 Å². The molecule has 0 saturated carbocycles. The molecule has 0 heterocycles. The number of carbonyl (C=O) groups excluding carboxylic acids is 1. The average Bonchev–Trinajstić information content (AvgIpc) is 2.43. The number of hydrogen-bond acceptors (Lipinski definition) is 3. The van der Waals surface area contributed by atoms with E-state index in [-0.39, 0.29) is 5.69 Å². The Hall–Kier alpha value is -2.41. The Morgan fingerprint density at radius 2 is 1.95 bits per heavy atom. The number of aryl methyl sites for hydroxylation is 1. The van der Waals surface area contributed by atoms with Crippen LogP contribution in [0.15, 0.2) is 46.9 Å². The van der Waals surface area contributed by atoms with Crippen molar-refractivity contribution in [3.05, 3.63) is 62.6 Å². The van der Waals surface area contributed by atoms with Crippen LogP contribution in [0.4, 0.5) is 21.9 Å². The Balaban J connectivity index is 2.10. The summed E-state index contributed by atoms with van der Waals surface area (Å²) in [5.74, 6) is 0. The van der Waals surface area contributed by atoms with Crippen molar-refractivity contribution in [2.45, 2.75) is 6.92 Å². The van der Waals surface area contributed by atoms with Gasteiger partial charge in [0.05, 0.1) is 4.92 Å². The first-order valence-corrected chi connectivity index (χ1v) is 6.83. The van der Waals surface area contributed by atoms with Crippen LogP contribution in [0.2, 0.25) is 0 Å². The number of non-ortho nitro benzene ring substituents is 1. The number of urea groups is 1. The quantitative estimate of drug-likeness (QED) is 0.639. The monoisotopic (exact) mass is 349 g/mol. The summed E-state index contributed by atoms with van der Waals surface area (Å²) >= 11 is 3.33. The molecule has 0 radical (unpaired) electrons. The van der Waals surface area contributed by atoms with Gasteiger partial charge in [0.25, 0.3) is 5.69 Å². The summed E-state index contributed by atoms with van der Waals surface area (Å²) in [5.41, 5.74) is 1.85. The number of amides is 2. The van der Waals surface area contributed by atoms with Crippen LogP contribution in [0, 0.1) is 17.0 Å². The fourth-order valence-corrected chi connectivity index (χ4v) is 2.07. The van der Waals surface area contributed by atoms with Gasteiger partial charge in [-0.25, -0.2) is 4.79 Å². The van der Waals surface area contributed by atoms with Gasteiger partial charge in [0.15, 0.2) is 0 Å². The molecule has 7 heteroatoms. The van der Waals surface area contributed by atoms with Crippen LogP contribution in [0.5, 0.6) is 0 Å². The van der Waals surface area contributed by atoms with Crippen LogP contribution in [-0.2, 0) is 0 Å². The lowest BCUT2D eigenvalue weighted by molar-refractivity contribution is -0.384. The van der Waals surface area contributed by atoms with Crippen molar-refractivity contribution < 1.29 is 9.72 Å². The second-order valence-corrected chi connectivity index (χ2v) is 5.26. The molecule has 21 heavy (non-hydrogen) atoms. The fraction of sp³-hybridized carbons (Fsp3) is 0.0714. The van der Waals surface area contributed by atoms with E-state index in [1.54, 1.807) is 12.1 Å². The first kappa shape index (κ1) is 15.0. The second kappa shape index (κ2) is 6.36. The maximum atomic E-state index is 11.9. The van der Waals surface area contributed by atoms with E-state index in [9.17, 15) is 14.9 Å². The van der Waals surface area contributed by atoms with Gasteiger partial charge in [0, 0.05) is 28.0 Å². The van der Waals surface area contributed by atoms with E-state index < -0.39 is 11.0 Å². The van der Waals surface area contributed by atoms with Gasteiger partial charge in [-0.05, 0) is 30.7 Å². The molecule has 0 bridgehead atoms. The zero-order valence-electron chi connectivity index (χ0n) is 11.1. The Labute approximate surface area is 129 Å². The maximum Gasteiger partial charge on any atom is 0.323 e. The number of benzene rings is 2. The highest BCUT2D eigenvalue weighted by atomic mass is 79.9. The average molecular weight is 350 g/mol. The number of nitrogens with one attached hydrogen (secondary N) is 2. The molecule has 2 rings (SSSR count). The van der Waals surface area contributed by atoms with Crippen LogP contribution >= 0.6 is 15.9 Å². The number of nitro groups is 1. The normalized spacial score (nSPS) is 10.0. The van der Waals surface area contributed by atoms with Crippen molar-refractivity contribution in [3.63, 3.8) is 0 Å². The summed E-state index contributed by atoms with van der Waals surface area (Å²) in [6.45, 7) is 1.87. The van der Waals surface area contributed by atoms with E-state index >= 15 is 0 Å². The predicted molar refractivity (Wildman–Crippen MR) is 84.6 cm³/mol. The van der Waals surface area contributed by atoms with Crippen molar-refractivity contribution in [1.82, 2.24) is 0 Å². The topological polar surface area (TPSA) is 84.3 Å². The highest BCUT2D eigenvalue weighted by molar-refractivity contribution is 9.10. The zero-order chi connectivity index (χ0) is 15.4. The number of rotatable bonds is 3. The minimum Gasteiger partial charge on any atom is -0.307 e. The summed E-state index contributed by atoms with van der Waals surface area (Å²) in [7, 11) is 0. The number of halogens is 1. The van der Waals surface area contributed by atoms with Gasteiger partial charge in [-0.3, -0.25) is 10.1 Å². The Bertz CT molecular complexity index is 704. The van der Waals surface area contributed by atoms with E-state index in [1.807, 2.05) is 19.1 Å². The molecule has 0 saturated heterocycles. The zero-order valence-corrected chi connectivity index (χ0v) is 12.7. The van der Waals surface area contributed by atoms with Crippen molar-refractivity contribution in [3.8, 4) is 0 Å². The predicted octanol–water partition coefficient (Wildman–Crippen LogP) is 4.31. The molecular formula is C14H12BrN3O3. The molecule has 108 valence electrons. The Kier molecular flexibility index (Phi) is 4.54. The highest BCUT2D eigenvalue weighted by Gasteiger charge is 2.09. The van der Waals surface area contributed by atoms with Gasteiger partial charge >= 0.3 is 6.03 Å². The van der Waals surface area contributed by atoms with Crippen molar-refractivity contribution in [2.24, 2.45) is 0 Å². The van der Waals surface area contributed by atoms with Crippen LogP contribution in [0.3, 0.4) is 0 Å². The van der Waals surface area contributed by atoms with E-state index in [2.05, 4.69) is 26.6 Å².